The predicted molar refractivity (Wildman–Crippen MR) is 101 cm³/mol. The van der Waals surface area contributed by atoms with Crippen LogP contribution in [0.15, 0.2) is 34.3 Å². The summed E-state index contributed by atoms with van der Waals surface area (Å²) in [5.41, 5.74) is 9.62. The molecule has 3 heterocycles. The van der Waals surface area contributed by atoms with Crippen molar-refractivity contribution in [2.75, 3.05) is 13.2 Å². The second kappa shape index (κ2) is 6.99. The first-order valence-electron chi connectivity index (χ1n) is 9.44. The molecule has 0 bridgehead atoms. The van der Waals surface area contributed by atoms with Crippen molar-refractivity contribution in [1.29, 1.82) is 0 Å². The molecule has 0 saturated carbocycles. The Labute approximate surface area is 174 Å². The second-order valence-electron chi connectivity index (χ2n) is 7.68. The monoisotopic (exact) mass is 442 g/mol. The summed E-state index contributed by atoms with van der Waals surface area (Å²) in [6, 6.07) is 2.12. The lowest BCUT2D eigenvalue weighted by atomic mass is 9.83. The average Bonchev–Trinajstić information content (AvgIpc) is 3.16. The molecule has 4 rings (SSSR count). The van der Waals surface area contributed by atoms with E-state index < -0.39 is 54.1 Å². The first kappa shape index (κ1) is 21.2. The zero-order valence-corrected chi connectivity index (χ0v) is 16.3. The first-order valence-corrected chi connectivity index (χ1v) is 9.44. The number of ether oxygens (including phenoxy) is 1. The summed E-state index contributed by atoms with van der Waals surface area (Å²) in [6.45, 7) is 1.34. The van der Waals surface area contributed by atoms with Crippen LogP contribution in [0.5, 0.6) is 0 Å². The van der Waals surface area contributed by atoms with Gasteiger partial charge in [-0.05, 0) is 24.3 Å². The van der Waals surface area contributed by atoms with E-state index in [1.165, 1.54) is 4.90 Å². The van der Waals surface area contributed by atoms with Gasteiger partial charge in [-0.15, -0.1) is 0 Å². The molecule has 3 aliphatic heterocycles. The third-order valence-corrected chi connectivity index (χ3v) is 6.12. The zero-order valence-electron chi connectivity index (χ0n) is 16.3. The lowest BCUT2D eigenvalue weighted by Gasteiger charge is -2.48. The van der Waals surface area contributed by atoms with E-state index in [2.05, 4.69) is 9.98 Å². The molecule has 31 heavy (non-hydrogen) atoms. The smallest absolute Gasteiger partial charge is 0.416 e. The second-order valence-corrected chi connectivity index (χ2v) is 7.68. The van der Waals surface area contributed by atoms with Crippen molar-refractivity contribution >= 4 is 17.9 Å². The number of halogens is 3. The Morgan fingerprint density at radius 3 is 2.48 bits per heavy atom. The van der Waals surface area contributed by atoms with Gasteiger partial charge in [0.15, 0.2) is 11.6 Å². The van der Waals surface area contributed by atoms with Crippen LogP contribution in [0.1, 0.15) is 22.8 Å². The molecule has 13 heteroatoms. The average molecular weight is 442 g/mol. The summed E-state index contributed by atoms with van der Waals surface area (Å²) >= 11 is 0. The molecule has 0 aromatic heterocycles. The minimum Gasteiger partial charge on any atom is -0.456 e. The number of hydrogen-bond donors (Lipinski definition) is 4. The number of alkyl halides is 3. The molecule has 1 aromatic carbocycles. The summed E-state index contributed by atoms with van der Waals surface area (Å²) in [5, 5.41) is 21.2. The van der Waals surface area contributed by atoms with Gasteiger partial charge in [0.25, 0.3) is 0 Å². The molecule has 5 unspecified atom stereocenters. The van der Waals surface area contributed by atoms with Crippen molar-refractivity contribution in [1.82, 2.24) is 9.96 Å². The fourth-order valence-electron chi connectivity index (χ4n) is 4.58. The van der Waals surface area contributed by atoms with Gasteiger partial charge in [0.1, 0.15) is 18.2 Å². The first-order chi connectivity index (χ1) is 14.5. The number of aliphatic hydroxyl groups excluding tert-OH is 1. The summed E-state index contributed by atoms with van der Waals surface area (Å²) in [6.07, 6.45) is -5.34. The van der Waals surface area contributed by atoms with Gasteiger partial charge < -0.3 is 26.2 Å². The van der Waals surface area contributed by atoms with Crippen LogP contribution in [0.25, 0.3) is 0 Å². The van der Waals surface area contributed by atoms with Crippen LogP contribution in [-0.4, -0.2) is 75.2 Å². The number of hydroxylamine groups is 2. The van der Waals surface area contributed by atoms with E-state index in [-0.39, 0.29) is 24.0 Å². The number of hydrogen-bond acceptors (Lipinski definition) is 10. The van der Waals surface area contributed by atoms with Gasteiger partial charge in [-0.3, -0.25) is 5.21 Å². The summed E-state index contributed by atoms with van der Waals surface area (Å²) in [5.74, 6) is -1.61. The van der Waals surface area contributed by atoms with E-state index in [4.69, 9.17) is 16.2 Å². The number of benzene rings is 1. The molecule has 5 atom stereocenters. The number of aliphatic imine (C=N–C) groups is 2. The van der Waals surface area contributed by atoms with Crippen LogP contribution in [0.2, 0.25) is 0 Å². The maximum atomic E-state index is 12.7. The maximum Gasteiger partial charge on any atom is 0.416 e. The van der Waals surface area contributed by atoms with Gasteiger partial charge >= 0.3 is 12.1 Å². The maximum absolute atomic E-state index is 12.7. The Morgan fingerprint density at radius 2 is 1.90 bits per heavy atom. The highest BCUT2D eigenvalue weighted by molar-refractivity contribution is 5.90. The van der Waals surface area contributed by atoms with Crippen molar-refractivity contribution in [3.05, 3.63) is 35.4 Å². The highest BCUT2D eigenvalue weighted by atomic mass is 19.4. The van der Waals surface area contributed by atoms with Crippen molar-refractivity contribution in [2.24, 2.45) is 27.4 Å². The highest BCUT2D eigenvalue weighted by Gasteiger charge is 2.68. The predicted octanol–water partition coefficient (Wildman–Crippen LogP) is -0.0439. The number of rotatable bonds is 3. The summed E-state index contributed by atoms with van der Waals surface area (Å²) in [4.78, 5) is 22.6. The van der Waals surface area contributed by atoms with Crippen LogP contribution < -0.4 is 11.5 Å². The molecule has 0 aliphatic carbocycles. The molecule has 6 N–H and O–H groups in total. The van der Waals surface area contributed by atoms with Crippen LogP contribution in [-0.2, 0) is 10.9 Å². The van der Waals surface area contributed by atoms with Crippen molar-refractivity contribution in [2.45, 2.75) is 37.0 Å². The molecule has 0 amide bonds. The van der Waals surface area contributed by atoms with Gasteiger partial charge in [-0.25, -0.2) is 14.8 Å². The molecule has 0 radical (unpaired) electrons. The fourth-order valence-corrected chi connectivity index (χ4v) is 4.58. The normalized spacial score (nSPS) is 32.3. The van der Waals surface area contributed by atoms with E-state index in [9.17, 15) is 28.3 Å². The quantitative estimate of drug-likeness (QED) is 0.476. The molecule has 1 fully saturated rings. The Kier molecular flexibility index (Phi) is 4.77. The van der Waals surface area contributed by atoms with Crippen LogP contribution in [0, 0.1) is 5.92 Å². The standard InChI is InChI=1S/C18H21F3N6O4/c1-8-12(31-14(29)9-2-4-10(5-3-9)18(19,20)21)6-26-15(22)24-11(7-28)13-17(8,26)27(30)16(23)25-13/h2-5,8,11-13,28,30H,6-7H2,1H3,(H2,22,24)(H2,23,25). The molecule has 168 valence electrons. The lowest BCUT2D eigenvalue weighted by molar-refractivity contribution is -0.170. The van der Waals surface area contributed by atoms with Crippen molar-refractivity contribution < 1.29 is 33.0 Å². The summed E-state index contributed by atoms with van der Waals surface area (Å²) < 4.78 is 43.8. The van der Waals surface area contributed by atoms with Crippen molar-refractivity contribution in [3.63, 3.8) is 0 Å². The highest BCUT2D eigenvalue weighted by Crippen LogP contribution is 2.48. The molecule has 1 spiro atoms. The lowest BCUT2D eigenvalue weighted by Crippen LogP contribution is -2.71. The molecule has 10 nitrogen and oxygen atoms in total. The van der Waals surface area contributed by atoms with Gasteiger partial charge in [-0.1, -0.05) is 6.92 Å². The minimum atomic E-state index is -4.52. The Hall–Kier alpha value is -3.06. The van der Waals surface area contributed by atoms with Crippen molar-refractivity contribution in [3.8, 4) is 0 Å². The van der Waals surface area contributed by atoms with E-state index >= 15 is 0 Å². The summed E-state index contributed by atoms with van der Waals surface area (Å²) in [7, 11) is 0. The van der Waals surface area contributed by atoms with Crippen LogP contribution in [0.3, 0.4) is 0 Å². The molecular weight excluding hydrogens is 421 g/mol. The Balaban J connectivity index is 1.60. The molecule has 1 saturated heterocycles. The number of aliphatic hydroxyl groups is 1. The zero-order chi connectivity index (χ0) is 22.7. The number of carbonyl (C=O) groups excluding carboxylic acids is 1. The van der Waals surface area contributed by atoms with Gasteiger partial charge in [0, 0.05) is 5.92 Å². The van der Waals surface area contributed by atoms with E-state index in [1.807, 2.05) is 0 Å². The largest absolute Gasteiger partial charge is 0.456 e. The number of guanidine groups is 2. The third kappa shape index (κ3) is 2.98. The van der Waals surface area contributed by atoms with E-state index in [1.54, 1.807) is 6.92 Å². The van der Waals surface area contributed by atoms with E-state index in [0.717, 1.165) is 29.3 Å². The topological polar surface area (TPSA) is 150 Å². The third-order valence-electron chi connectivity index (χ3n) is 6.12. The molecule has 3 aliphatic rings. The van der Waals surface area contributed by atoms with E-state index in [0.29, 0.717) is 0 Å². The number of carbonyl (C=O) groups is 1. The Morgan fingerprint density at radius 1 is 1.26 bits per heavy atom. The van der Waals surface area contributed by atoms with Crippen LogP contribution in [0.4, 0.5) is 13.2 Å². The van der Waals surface area contributed by atoms with Gasteiger partial charge in [0.05, 0.1) is 24.3 Å². The van der Waals surface area contributed by atoms with Crippen LogP contribution >= 0.6 is 0 Å². The van der Waals surface area contributed by atoms with Gasteiger partial charge in [0.2, 0.25) is 5.96 Å². The number of nitrogens with zero attached hydrogens (tertiary/aromatic N) is 4. The fraction of sp³-hybridized carbons (Fsp3) is 0.500. The number of nitrogens with two attached hydrogens (primary N) is 2. The number of esters is 1. The minimum absolute atomic E-state index is 0.0131. The molecular formula is C18H21F3N6O4. The molecule has 1 aromatic rings. The van der Waals surface area contributed by atoms with Gasteiger partial charge in [-0.2, -0.15) is 18.2 Å². The Bertz CT molecular complexity index is 953. The SMILES string of the molecule is CC1C(OC(=O)c2ccc(C(F)(F)F)cc2)CN2C(N)=NC(CO)C3N=C(N)N(O)C132.